The van der Waals surface area contributed by atoms with Gasteiger partial charge < -0.3 is 30.7 Å². The highest BCUT2D eigenvalue weighted by Crippen LogP contribution is 2.40. The summed E-state index contributed by atoms with van der Waals surface area (Å²) in [5, 5.41) is 10.3. The van der Waals surface area contributed by atoms with Crippen LogP contribution in [0.1, 0.15) is 21.6 Å². The monoisotopic (exact) mass is 606 g/mol. The Bertz CT molecular complexity index is 1390. The van der Waals surface area contributed by atoms with Crippen LogP contribution in [0.4, 0.5) is 23.7 Å². The van der Waals surface area contributed by atoms with Gasteiger partial charge >= 0.3 is 12.2 Å². The van der Waals surface area contributed by atoms with E-state index in [2.05, 4.69) is 31.2 Å². The minimum atomic E-state index is -4.71. The van der Waals surface area contributed by atoms with Gasteiger partial charge in [0.1, 0.15) is 29.5 Å². The maximum absolute atomic E-state index is 13.5. The van der Waals surface area contributed by atoms with Crippen molar-refractivity contribution in [2.45, 2.75) is 12.7 Å². The minimum absolute atomic E-state index is 0.0375. The van der Waals surface area contributed by atoms with Gasteiger partial charge in [0.25, 0.3) is 5.91 Å². The van der Waals surface area contributed by atoms with E-state index in [4.69, 9.17) is 21.1 Å². The smallest absolute Gasteiger partial charge is 0.417 e. The quantitative estimate of drug-likeness (QED) is 0.268. The van der Waals surface area contributed by atoms with Crippen molar-refractivity contribution in [2.24, 2.45) is 0 Å². The second-order valence-corrected chi connectivity index (χ2v) is 9.68. The molecule has 1 aliphatic rings. The van der Waals surface area contributed by atoms with Crippen LogP contribution in [0.25, 0.3) is 0 Å². The predicted octanol–water partition coefficient (Wildman–Crippen LogP) is 4.51. The third-order valence-corrected chi connectivity index (χ3v) is 6.61. The molecule has 4 N–H and O–H groups in total. The Morgan fingerprint density at radius 1 is 1.07 bits per heavy atom. The molecule has 2 aromatic carbocycles. The highest BCUT2D eigenvalue weighted by atomic mass is 35.5. The third-order valence-electron chi connectivity index (χ3n) is 6.30. The number of amides is 3. The summed E-state index contributed by atoms with van der Waals surface area (Å²) in [4.78, 5) is 30.6. The van der Waals surface area contributed by atoms with E-state index in [0.717, 1.165) is 38.3 Å². The number of hydrogen-bond acceptors (Lipinski definition) is 7. The first-order valence-corrected chi connectivity index (χ1v) is 13.5. The molecule has 10 nitrogen and oxygen atoms in total. The number of pyridine rings is 1. The molecule has 0 spiro atoms. The summed E-state index contributed by atoms with van der Waals surface area (Å²) in [5.41, 5.74) is -0.321. The molecule has 1 aromatic heterocycles. The number of ether oxygens (including phenoxy) is 2. The Morgan fingerprint density at radius 3 is 2.50 bits per heavy atom. The largest absolute Gasteiger partial charge is 0.490 e. The summed E-state index contributed by atoms with van der Waals surface area (Å²) in [5.74, 6) is 0.597. The molecule has 3 aromatic rings. The Morgan fingerprint density at radius 2 is 1.81 bits per heavy atom. The summed E-state index contributed by atoms with van der Waals surface area (Å²) in [6.07, 6.45) is -3.26. The van der Waals surface area contributed by atoms with Crippen LogP contribution in [-0.4, -0.2) is 68.2 Å². The van der Waals surface area contributed by atoms with Gasteiger partial charge in [-0.25, -0.2) is 4.79 Å². The van der Waals surface area contributed by atoms with Gasteiger partial charge in [-0.3, -0.25) is 14.7 Å². The lowest BCUT2D eigenvalue weighted by Crippen LogP contribution is -2.44. The molecule has 0 aliphatic carbocycles. The van der Waals surface area contributed by atoms with Crippen molar-refractivity contribution in [3.63, 3.8) is 0 Å². The van der Waals surface area contributed by atoms with Crippen molar-refractivity contribution < 1.29 is 32.2 Å². The molecular formula is C28H30ClF3N6O4. The highest BCUT2D eigenvalue weighted by Gasteiger charge is 2.34. The zero-order valence-electron chi connectivity index (χ0n) is 22.7. The van der Waals surface area contributed by atoms with Crippen molar-refractivity contribution in [1.82, 2.24) is 25.8 Å². The lowest BCUT2D eigenvalue weighted by Gasteiger charge is -2.27. The van der Waals surface area contributed by atoms with Crippen LogP contribution in [0.15, 0.2) is 54.7 Å². The first-order chi connectivity index (χ1) is 20.1. The molecule has 2 heterocycles. The van der Waals surface area contributed by atoms with Crippen LogP contribution < -0.4 is 30.7 Å². The van der Waals surface area contributed by atoms with E-state index in [1.54, 1.807) is 30.3 Å². The average Bonchev–Trinajstić information content (AvgIpc) is 2.97. The van der Waals surface area contributed by atoms with Crippen molar-refractivity contribution in [2.75, 3.05) is 51.7 Å². The normalized spacial score (nSPS) is 13.7. The van der Waals surface area contributed by atoms with Crippen molar-refractivity contribution in [3.05, 3.63) is 76.6 Å². The predicted molar refractivity (Wildman–Crippen MR) is 151 cm³/mol. The van der Waals surface area contributed by atoms with E-state index in [1.807, 2.05) is 0 Å². The Balaban J connectivity index is 1.36. The Kier molecular flexibility index (Phi) is 10.4. The molecule has 14 heteroatoms. The maximum Gasteiger partial charge on any atom is 0.417 e. The summed E-state index contributed by atoms with van der Waals surface area (Å²) >= 11 is 5.91. The number of hydrogen-bond donors (Lipinski definition) is 4. The lowest BCUT2D eigenvalue weighted by atomic mass is 10.1. The molecule has 224 valence electrons. The van der Waals surface area contributed by atoms with Gasteiger partial charge in [-0.15, -0.1) is 0 Å². The molecule has 0 radical (unpaired) electrons. The van der Waals surface area contributed by atoms with Gasteiger partial charge in [-0.1, -0.05) is 23.7 Å². The fourth-order valence-corrected chi connectivity index (χ4v) is 4.36. The van der Waals surface area contributed by atoms with Gasteiger partial charge in [0, 0.05) is 64.6 Å². The second-order valence-electron chi connectivity index (χ2n) is 9.28. The zero-order chi connectivity index (χ0) is 30.1. The zero-order valence-corrected chi connectivity index (χ0v) is 23.4. The lowest BCUT2D eigenvalue weighted by molar-refractivity contribution is -0.137. The molecule has 1 saturated heterocycles. The average molecular weight is 607 g/mol. The Hall–Kier alpha value is -4.07. The fourth-order valence-electron chi connectivity index (χ4n) is 4.10. The second kappa shape index (κ2) is 14.2. The van der Waals surface area contributed by atoms with E-state index < -0.39 is 22.8 Å². The van der Waals surface area contributed by atoms with E-state index in [9.17, 15) is 22.8 Å². The maximum atomic E-state index is 13.5. The summed E-state index contributed by atoms with van der Waals surface area (Å²) < 4.78 is 52.0. The summed E-state index contributed by atoms with van der Waals surface area (Å²) in [7, 11) is 1.50. The van der Waals surface area contributed by atoms with Crippen LogP contribution in [0.2, 0.25) is 5.02 Å². The number of carbonyl (C=O) groups excluding carboxylic acids is 2. The van der Waals surface area contributed by atoms with Gasteiger partial charge in [0.05, 0.1) is 16.3 Å². The van der Waals surface area contributed by atoms with Gasteiger partial charge in [0.2, 0.25) is 0 Å². The number of rotatable bonds is 10. The van der Waals surface area contributed by atoms with Crippen molar-refractivity contribution >= 4 is 29.2 Å². The van der Waals surface area contributed by atoms with Gasteiger partial charge in [0.15, 0.2) is 0 Å². The molecule has 1 fully saturated rings. The minimum Gasteiger partial charge on any atom is -0.490 e. The number of halogens is 4. The molecule has 0 unspecified atom stereocenters. The van der Waals surface area contributed by atoms with Crippen LogP contribution in [0, 0.1) is 0 Å². The van der Waals surface area contributed by atoms with E-state index >= 15 is 0 Å². The molecule has 3 amide bonds. The molecule has 42 heavy (non-hydrogen) atoms. The van der Waals surface area contributed by atoms with Crippen LogP contribution in [0.5, 0.6) is 17.2 Å². The highest BCUT2D eigenvalue weighted by molar-refractivity contribution is 6.31. The Labute approximate surface area is 245 Å². The number of nitrogens with one attached hydrogen (secondary N) is 4. The molecule has 4 rings (SSSR count). The summed E-state index contributed by atoms with van der Waals surface area (Å²) in [6, 6.07) is 11.0. The number of piperazine rings is 1. The van der Waals surface area contributed by atoms with Crippen LogP contribution in [0.3, 0.4) is 0 Å². The molecule has 0 atom stereocenters. The summed E-state index contributed by atoms with van der Waals surface area (Å²) in [6.45, 7) is 4.22. The number of carbonyl (C=O) groups is 2. The molecule has 0 bridgehead atoms. The number of aromatic nitrogens is 1. The molecule has 1 aliphatic heterocycles. The molecular weight excluding hydrogens is 577 g/mol. The number of nitrogens with zero attached hydrogens (tertiary/aromatic N) is 2. The van der Waals surface area contributed by atoms with Gasteiger partial charge in [-0.2, -0.15) is 13.2 Å². The van der Waals surface area contributed by atoms with E-state index in [-0.39, 0.29) is 36.2 Å². The number of anilines is 1. The first-order valence-electron chi connectivity index (χ1n) is 13.1. The van der Waals surface area contributed by atoms with E-state index in [1.165, 1.54) is 19.3 Å². The number of benzene rings is 2. The topological polar surface area (TPSA) is 117 Å². The number of alkyl halides is 3. The van der Waals surface area contributed by atoms with E-state index in [0.29, 0.717) is 23.6 Å². The third kappa shape index (κ3) is 8.71. The standard InChI is InChI=1S/C28H30ClF3N6O4/c1-33-26(39)24-14-20(6-7-35-24)42-19-4-2-18(3-5-19)17-36-27(40)37-23-15-21(28(30,31)32)22(29)16-25(23)41-13-12-38-10-8-34-9-11-38/h2-7,14-16,34H,8-13,17H2,1H3,(H,33,39)(H2,36,37,40). The SMILES string of the molecule is CNC(=O)c1cc(Oc2ccc(CNC(=O)Nc3cc(C(F)(F)F)c(Cl)cc3OCCN3CCNCC3)cc2)ccn1. The van der Waals surface area contributed by atoms with Crippen molar-refractivity contribution in [1.29, 1.82) is 0 Å². The molecule has 0 saturated carbocycles. The first kappa shape index (κ1) is 30.9. The fraction of sp³-hybridized carbons (Fsp3) is 0.321. The van der Waals surface area contributed by atoms with Gasteiger partial charge in [-0.05, 0) is 29.8 Å². The van der Waals surface area contributed by atoms with Crippen LogP contribution in [-0.2, 0) is 12.7 Å². The number of urea groups is 1. The van der Waals surface area contributed by atoms with Crippen LogP contribution >= 0.6 is 11.6 Å². The van der Waals surface area contributed by atoms with Crippen molar-refractivity contribution in [3.8, 4) is 17.2 Å².